The maximum atomic E-state index is 12.8. The first-order valence-corrected chi connectivity index (χ1v) is 9.51. The lowest BCUT2D eigenvalue weighted by molar-refractivity contribution is -0.128. The van der Waals surface area contributed by atoms with E-state index >= 15 is 0 Å². The SMILES string of the molecule is C=CCN1C(=O)/C(=C/c2nc(-c3ccccc3Cl)n3ccccc23)C(=O)NC1=S. The Kier molecular flexibility index (Phi) is 5.00. The highest BCUT2D eigenvalue weighted by Gasteiger charge is 2.33. The number of hydrogen-bond donors (Lipinski definition) is 1. The van der Waals surface area contributed by atoms with Crippen molar-refractivity contribution < 1.29 is 9.59 Å². The molecule has 0 bridgehead atoms. The second-order valence-corrected chi connectivity index (χ2v) is 7.07. The first-order chi connectivity index (χ1) is 14.0. The molecule has 6 nitrogen and oxygen atoms in total. The van der Waals surface area contributed by atoms with Gasteiger partial charge in [0.2, 0.25) is 0 Å². The Morgan fingerprint density at radius 1 is 1.17 bits per heavy atom. The zero-order valence-electron chi connectivity index (χ0n) is 15.1. The fraction of sp³-hybridized carbons (Fsp3) is 0.0476. The summed E-state index contributed by atoms with van der Waals surface area (Å²) in [6.07, 6.45) is 4.87. The number of carbonyl (C=O) groups excluding carboxylic acids is 2. The third-order valence-corrected chi connectivity index (χ3v) is 5.12. The van der Waals surface area contributed by atoms with Gasteiger partial charge in [-0.25, -0.2) is 4.98 Å². The molecule has 0 saturated carbocycles. The summed E-state index contributed by atoms with van der Waals surface area (Å²) in [6.45, 7) is 3.82. The fourth-order valence-corrected chi connectivity index (χ4v) is 3.60. The molecule has 0 atom stereocenters. The summed E-state index contributed by atoms with van der Waals surface area (Å²) < 4.78 is 1.87. The number of nitrogens with one attached hydrogen (secondary N) is 1. The molecule has 3 heterocycles. The Morgan fingerprint density at radius 3 is 2.69 bits per heavy atom. The molecule has 2 amide bonds. The number of thiocarbonyl (C=S) groups is 1. The van der Waals surface area contributed by atoms with Gasteiger partial charge in [0, 0.05) is 18.3 Å². The van der Waals surface area contributed by atoms with Gasteiger partial charge in [-0.2, -0.15) is 0 Å². The van der Waals surface area contributed by atoms with E-state index in [-0.39, 0.29) is 17.2 Å². The third-order valence-electron chi connectivity index (χ3n) is 4.47. The summed E-state index contributed by atoms with van der Waals surface area (Å²) in [5.74, 6) is -0.438. The number of hydrogen-bond acceptors (Lipinski definition) is 4. The molecule has 1 aliphatic rings. The molecule has 1 aliphatic heterocycles. The summed E-state index contributed by atoms with van der Waals surface area (Å²) in [6, 6.07) is 12.9. The lowest BCUT2D eigenvalue weighted by Crippen LogP contribution is -2.53. The monoisotopic (exact) mass is 422 g/mol. The predicted octanol–water partition coefficient (Wildman–Crippen LogP) is 3.47. The second-order valence-electron chi connectivity index (χ2n) is 6.28. The fourth-order valence-electron chi connectivity index (χ4n) is 3.13. The van der Waals surface area contributed by atoms with Crippen molar-refractivity contribution in [1.29, 1.82) is 0 Å². The van der Waals surface area contributed by atoms with Crippen LogP contribution in [0, 0.1) is 0 Å². The number of aromatic nitrogens is 2. The molecule has 0 unspecified atom stereocenters. The number of carbonyl (C=O) groups is 2. The van der Waals surface area contributed by atoms with Gasteiger partial charge in [0.1, 0.15) is 11.4 Å². The first kappa shape index (κ1) is 19.0. The molecule has 1 aromatic carbocycles. The first-order valence-electron chi connectivity index (χ1n) is 8.73. The molecule has 4 rings (SSSR count). The van der Waals surface area contributed by atoms with Crippen molar-refractivity contribution >= 4 is 52.3 Å². The van der Waals surface area contributed by atoms with Crippen LogP contribution in [-0.4, -0.2) is 37.8 Å². The van der Waals surface area contributed by atoms with Gasteiger partial charge in [0.05, 0.1) is 16.2 Å². The summed E-state index contributed by atoms with van der Waals surface area (Å²) >= 11 is 11.4. The van der Waals surface area contributed by atoms with Crippen molar-refractivity contribution in [3.63, 3.8) is 0 Å². The molecule has 0 aliphatic carbocycles. The van der Waals surface area contributed by atoms with E-state index in [0.29, 0.717) is 16.5 Å². The zero-order chi connectivity index (χ0) is 20.5. The summed E-state index contributed by atoms with van der Waals surface area (Å²) in [5, 5.41) is 3.15. The minimum Gasteiger partial charge on any atom is -0.299 e. The van der Waals surface area contributed by atoms with E-state index in [2.05, 4.69) is 16.9 Å². The van der Waals surface area contributed by atoms with Gasteiger partial charge >= 0.3 is 0 Å². The van der Waals surface area contributed by atoms with E-state index in [1.54, 1.807) is 12.1 Å². The standard InChI is InChI=1S/C21H15ClN4O2S/c1-2-10-26-20(28)14(19(27)24-21(26)29)12-16-17-9-5-6-11-25(17)18(23-16)13-7-3-4-8-15(13)22/h2-9,11-12H,1,10H2,(H,24,27,29)/b14-12+. The molecule has 144 valence electrons. The summed E-state index contributed by atoms with van der Waals surface area (Å²) in [4.78, 5) is 31.2. The van der Waals surface area contributed by atoms with Crippen molar-refractivity contribution in [1.82, 2.24) is 19.6 Å². The van der Waals surface area contributed by atoms with Crippen LogP contribution >= 0.6 is 23.8 Å². The Balaban J connectivity index is 1.88. The Labute approximate surface area is 177 Å². The zero-order valence-corrected chi connectivity index (χ0v) is 16.7. The van der Waals surface area contributed by atoms with Crippen LogP contribution in [0.25, 0.3) is 23.0 Å². The maximum Gasteiger partial charge on any atom is 0.266 e. The van der Waals surface area contributed by atoms with E-state index in [4.69, 9.17) is 23.8 Å². The molecule has 3 aromatic rings. The Bertz CT molecular complexity index is 1210. The van der Waals surface area contributed by atoms with Crippen LogP contribution in [0.1, 0.15) is 5.69 Å². The van der Waals surface area contributed by atoms with E-state index in [9.17, 15) is 9.59 Å². The van der Waals surface area contributed by atoms with E-state index in [1.807, 2.05) is 47.0 Å². The molecule has 29 heavy (non-hydrogen) atoms. The van der Waals surface area contributed by atoms with Crippen LogP contribution < -0.4 is 5.32 Å². The molecular weight excluding hydrogens is 408 g/mol. The molecule has 2 aromatic heterocycles. The van der Waals surface area contributed by atoms with Crippen molar-refractivity contribution in [3.05, 3.63) is 77.6 Å². The molecule has 1 N–H and O–H groups in total. The molecule has 0 spiro atoms. The van der Waals surface area contributed by atoms with Crippen molar-refractivity contribution in [2.24, 2.45) is 0 Å². The van der Waals surface area contributed by atoms with Crippen LogP contribution in [0.4, 0.5) is 0 Å². The molecular formula is C21H15ClN4O2S. The van der Waals surface area contributed by atoms with Crippen LogP contribution in [-0.2, 0) is 9.59 Å². The minimum atomic E-state index is -0.559. The lowest BCUT2D eigenvalue weighted by Gasteiger charge is -2.27. The van der Waals surface area contributed by atoms with Crippen molar-refractivity contribution in [2.75, 3.05) is 6.54 Å². The van der Waals surface area contributed by atoms with Gasteiger partial charge < -0.3 is 0 Å². The van der Waals surface area contributed by atoms with E-state index in [1.165, 1.54) is 11.0 Å². The van der Waals surface area contributed by atoms with Crippen molar-refractivity contribution in [2.45, 2.75) is 0 Å². The third kappa shape index (κ3) is 3.35. The lowest BCUT2D eigenvalue weighted by atomic mass is 10.1. The largest absolute Gasteiger partial charge is 0.299 e. The van der Waals surface area contributed by atoms with Crippen LogP contribution in [0.2, 0.25) is 5.02 Å². The summed E-state index contributed by atoms with van der Waals surface area (Å²) in [7, 11) is 0. The van der Waals surface area contributed by atoms with Crippen LogP contribution in [0.15, 0.2) is 66.9 Å². The molecule has 0 radical (unpaired) electrons. The quantitative estimate of drug-likeness (QED) is 0.302. The average Bonchev–Trinajstić information content (AvgIpc) is 3.07. The average molecular weight is 423 g/mol. The molecule has 8 heteroatoms. The smallest absolute Gasteiger partial charge is 0.266 e. The minimum absolute atomic E-state index is 0.0463. The molecule has 1 saturated heterocycles. The molecule has 1 fully saturated rings. The van der Waals surface area contributed by atoms with Crippen molar-refractivity contribution in [3.8, 4) is 11.4 Å². The number of halogens is 1. The van der Waals surface area contributed by atoms with E-state index in [0.717, 1.165) is 11.1 Å². The topological polar surface area (TPSA) is 66.7 Å². The van der Waals surface area contributed by atoms with Crippen LogP contribution in [0.5, 0.6) is 0 Å². The van der Waals surface area contributed by atoms with Gasteiger partial charge in [-0.05, 0) is 42.6 Å². The normalized spacial score (nSPS) is 15.8. The second kappa shape index (κ2) is 7.62. The number of amides is 2. The predicted molar refractivity (Wildman–Crippen MR) is 116 cm³/mol. The van der Waals surface area contributed by atoms with E-state index < -0.39 is 11.8 Å². The number of nitrogens with zero attached hydrogens (tertiary/aromatic N) is 3. The maximum absolute atomic E-state index is 12.8. The van der Waals surface area contributed by atoms with Gasteiger partial charge in [-0.1, -0.05) is 35.9 Å². The highest BCUT2D eigenvalue weighted by atomic mass is 35.5. The van der Waals surface area contributed by atoms with Gasteiger partial charge in [0.15, 0.2) is 5.11 Å². The highest BCUT2D eigenvalue weighted by Crippen LogP contribution is 2.30. The van der Waals surface area contributed by atoms with Crippen LogP contribution in [0.3, 0.4) is 0 Å². The van der Waals surface area contributed by atoms with Gasteiger partial charge in [-0.3, -0.25) is 24.2 Å². The Hall–Kier alpha value is -3.29. The van der Waals surface area contributed by atoms with Gasteiger partial charge in [-0.15, -0.1) is 6.58 Å². The summed E-state index contributed by atoms with van der Waals surface area (Å²) in [5.41, 5.74) is 1.91. The number of pyridine rings is 1. The number of imidazole rings is 1. The number of benzene rings is 1. The number of rotatable bonds is 4. The Morgan fingerprint density at radius 2 is 1.93 bits per heavy atom. The highest BCUT2D eigenvalue weighted by molar-refractivity contribution is 7.80. The van der Waals surface area contributed by atoms with Gasteiger partial charge in [0.25, 0.3) is 11.8 Å². The number of fused-ring (bicyclic) bond motifs is 1.